The summed E-state index contributed by atoms with van der Waals surface area (Å²) in [5.41, 5.74) is 2.86. The molecule has 108 valence electrons. The van der Waals surface area contributed by atoms with Crippen LogP contribution in [-0.4, -0.2) is 18.2 Å². The summed E-state index contributed by atoms with van der Waals surface area (Å²) in [5, 5.41) is 9.79. The molecule has 3 heteroatoms. The molecule has 0 aliphatic heterocycles. The highest BCUT2D eigenvalue weighted by Crippen LogP contribution is 2.46. The predicted molar refractivity (Wildman–Crippen MR) is 77.4 cm³/mol. The third-order valence-corrected chi connectivity index (χ3v) is 5.05. The number of carbonyl (C=O) groups is 1. The van der Waals surface area contributed by atoms with Gasteiger partial charge < -0.3 is 9.84 Å². The van der Waals surface area contributed by atoms with E-state index in [-0.39, 0.29) is 0 Å². The van der Waals surface area contributed by atoms with Crippen LogP contribution in [0.1, 0.15) is 55.2 Å². The predicted octanol–water partition coefficient (Wildman–Crippen LogP) is 3.47. The lowest BCUT2D eigenvalue weighted by Crippen LogP contribution is -2.33. The largest absolute Gasteiger partial charge is 0.496 e. The van der Waals surface area contributed by atoms with Gasteiger partial charge in [0.1, 0.15) is 5.75 Å². The first-order chi connectivity index (χ1) is 9.67. The van der Waals surface area contributed by atoms with E-state index < -0.39 is 11.4 Å². The van der Waals surface area contributed by atoms with E-state index in [9.17, 15) is 9.90 Å². The lowest BCUT2D eigenvalue weighted by molar-refractivity contribution is -0.143. The van der Waals surface area contributed by atoms with Crippen molar-refractivity contribution in [3.8, 4) is 5.75 Å². The Hall–Kier alpha value is -1.51. The average Bonchev–Trinajstić information content (AvgIpc) is 2.96. The SMILES string of the molecule is COc1cc2c(cc1C1(C(=O)O)CCCC1)CCCC2. The van der Waals surface area contributed by atoms with Gasteiger partial charge in [0.15, 0.2) is 0 Å². The van der Waals surface area contributed by atoms with Crippen molar-refractivity contribution in [2.75, 3.05) is 7.11 Å². The van der Waals surface area contributed by atoms with E-state index in [0.717, 1.165) is 49.8 Å². The number of methoxy groups -OCH3 is 1. The Labute approximate surface area is 120 Å². The molecule has 0 amide bonds. The van der Waals surface area contributed by atoms with Crippen LogP contribution in [0.2, 0.25) is 0 Å². The standard InChI is InChI=1S/C17H22O3/c1-20-15-11-13-7-3-2-6-12(13)10-14(15)17(16(18)19)8-4-5-9-17/h10-11H,2-9H2,1H3,(H,18,19). The first-order valence-electron chi connectivity index (χ1n) is 7.61. The molecule has 1 saturated carbocycles. The molecule has 1 N–H and O–H groups in total. The van der Waals surface area contributed by atoms with E-state index in [1.54, 1.807) is 7.11 Å². The van der Waals surface area contributed by atoms with Crippen molar-refractivity contribution in [3.05, 3.63) is 28.8 Å². The van der Waals surface area contributed by atoms with Gasteiger partial charge in [0.25, 0.3) is 0 Å². The fourth-order valence-electron chi connectivity index (χ4n) is 3.88. The number of hydrogen-bond donors (Lipinski definition) is 1. The summed E-state index contributed by atoms with van der Waals surface area (Å²) in [5.74, 6) is 0.0824. The van der Waals surface area contributed by atoms with E-state index in [2.05, 4.69) is 12.1 Å². The van der Waals surface area contributed by atoms with Crippen molar-refractivity contribution in [1.29, 1.82) is 0 Å². The van der Waals surface area contributed by atoms with Gasteiger partial charge in [-0.25, -0.2) is 0 Å². The fourth-order valence-corrected chi connectivity index (χ4v) is 3.88. The molecule has 1 aromatic rings. The Kier molecular flexibility index (Phi) is 3.45. The monoisotopic (exact) mass is 274 g/mol. The van der Waals surface area contributed by atoms with E-state index in [1.807, 2.05) is 0 Å². The summed E-state index contributed by atoms with van der Waals surface area (Å²) in [4.78, 5) is 11.9. The number of aryl methyl sites for hydroxylation is 2. The maximum Gasteiger partial charge on any atom is 0.314 e. The zero-order chi connectivity index (χ0) is 14.2. The van der Waals surface area contributed by atoms with Crippen LogP contribution in [0, 0.1) is 0 Å². The normalized spacial score (nSPS) is 20.4. The molecule has 0 atom stereocenters. The van der Waals surface area contributed by atoms with Crippen LogP contribution in [0.5, 0.6) is 5.75 Å². The highest BCUT2D eigenvalue weighted by molar-refractivity contribution is 5.83. The molecule has 0 bridgehead atoms. The molecule has 1 aromatic carbocycles. The average molecular weight is 274 g/mol. The van der Waals surface area contributed by atoms with Crippen LogP contribution in [0.4, 0.5) is 0 Å². The van der Waals surface area contributed by atoms with Crippen LogP contribution in [0.3, 0.4) is 0 Å². The van der Waals surface area contributed by atoms with Crippen LogP contribution in [0.25, 0.3) is 0 Å². The fraction of sp³-hybridized carbons (Fsp3) is 0.588. The molecular weight excluding hydrogens is 252 g/mol. The summed E-state index contributed by atoms with van der Waals surface area (Å²) >= 11 is 0. The number of hydrogen-bond acceptors (Lipinski definition) is 2. The minimum atomic E-state index is -0.724. The third-order valence-electron chi connectivity index (χ3n) is 5.05. The second-order valence-corrected chi connectivity index (χ2v) is 6.12. The molecule has 3 rings (SSSR count). The van der Waals surface area contributed by atoms with Crippen molar-refractivity contribution in [1.82, 2.24) is 0 Å². The second-order valence-electron chi connectivity index (χ2n) is 6.12. The topological polar surface area (TPSA) is 46.5 Å². The Morgan fingerprint density at radius 1 is 1.10 bits per heavy atom. The summed E-state index contributed by atoms with van der Waals surface area (Å²) < 4.78 is 5.54. The molecule has 0 aromatic heterocycles. The number of benzene rings is 1. The summed E-state index contributed by atoms with van der Waals surface area (Å²) in [6.45, 7) is 0. The Morgan fingerprint density at radius 2 is 1.70 bits per heavy atom. The molecule has 1 fully saturated rings. The minimum Gasteiger partial charge on any atom is -0.496 e. The van der Waals surface area contributed by atoms with Crippen LogP contribution < -0.4 is 4.74 Å². The smallest absolute Gasteiger partial charge is 0.314 e. The second kappa shape index (κ2) is 5.12. The highest BCUT2D eigenvalue weighted by Gasteiger charge is 2.45. The van der Waals surface area contributed by atoms with Gasteiger partial charge in [0.2, 0.25) is 0 Å². The van der Waals surface area contributed by atoms with E-state index in [0.29, 0.717) is 0 Å². The zero-order valence-electron chi connectivity index (χ0n) is 12.1. The first-order valence-corrected chi connectivity index (χ1v) is 7.61. The molecule has 2 aliphatic carbocycles. The van der Waals surface area contributed by atoms with Crippen molar-refractivity contribution in [3.63, 3.8) is 0 Å². The lowest BCUT2D eigenvalue weighted by atomic mass is 9.76. The molecule has 2 aliphatic rings. The molecule has 20 heavy (non-hydrogen) atoms. The Bertz CT molecular complexity index is 527. The first kappa shape index (κ1) is 13.5. The molecule has 3 nitrogen and oxygen atoms in total. The quantitative estimate of drug-likeness (QED) is 0.918. The Balaban J connectivity index is 2.14. The van der Waals surface area contributed by atoms with Crippen molar-refractivity contribution in [2.24, 2.45) is 0 Å². The number of carboxylic acids is 1. The number of rotatable bonds is 3. The van der Waals surface area contributed by atoms with Gasteiger partial charge in [0, 0.05) is 5.56 Å². The van der Waals surface area contributed by atoms with Gasteiger partial charge in [-0.05, 0) is 55.7 Å². The maximum absolute atomic E-state index is 11.9. The van der Waals surface area contributed by atoms with Gasteiger partial charge in [-0.2, -0.15) is 0 Å². The summed E-state index contributed by atoms with van der Waals surface area (Å²) in [7, 11) is 1.65. The van der Waals surface area contributed by atoms with E-state index in [4.69, 9.17) is 4.74 Å². The molecule has 0 unspecified atom stereocenters. The van der Waals surface area contributed by atoms with Crippen molar-refractivity contribution in [2.45, 2.75) is 56.8 Å². The van der Waals surface area contributed by atoms with Crippen molar-refractivity contribution < 1.29 is 14.6 Å². The van der Waals surface area contributed by atoms with Gasteiger partial charge in [0.05, 0.1) is 12.5 Å². The van der Waals surface area contributed by atoms with Crippen LogP contribution in [-0.2, 0) is 23.1 Å². The van der Waals surface area contributed by atoms with Crippen LogP contribution in [0.15, 0.2) is 12.1 Å². The number of aliphatic carboxylic acids is 1. The number of carboxylic acid groups (broad SMARTS) is 1. The van der Waals surface area contributed by atoms with Gasteiger partial charge in [-0.3, -0.25) is 4.79 Å². The summed E-state index contributed by atoms with van der Waals surface area (Å²) in [6, 6.07) is 4.22. The molecule has 0 saturated heterocycles. The minimum absolute atomic E-state index is 0.691. The van der Waals surface area contributed by atoms with E-state index >= 15 is 0 Å². The van der Waals surface area contributed by atoms with Crippen molar-refractivity contribution >= 4 is 5.97 Å². The molecule has 0 spiro atoms. The maximum atomic E-state index is 11.9. The zero-order valence-corrected chi connectivity index (χ0v) is 12.1. The van der Waals surface area contributed by atoms with Gasteiger partial charge >= 0.3 is 5.97 Å². The third kappa shape index (κ3) is 2.00. The highest BCUT2D eigenvalue weighted by atomic mass is 16.5. The lowest BCUT2D eigenvalue weighted by Gasteiger charge is -2.29. The number of ether oxygens (including phenoxy) is 1. The van der Waals surface area contributed by atoms with Gasteiger partial charge in [-0.1, -0.05) is 18.9 Å². The van der Waals surface area contributed by atoms with Crippen LogP contribution >= 0.6 is 0 Å². The van der Waals surface area contributed by atoms with E-state index in [1.165, 1.54) is 24.0 Å². The molecular formula is C17H22O3. The summed E-state index contributed by atoms with van der Waals surface area (Å²) in [6.07, 6.45) is 8.04. The molecule has 0 heterocycles. The van der Waals surface area contributed by atoms with Gasteiger partial charge in [-0.15, -0.1) is 0 Å². The Morgan fingerprint density at radius 3 is 2.25 bits per heavy atom. The number of fused-ring (bicyclic) bond motifs is 1. The molecule has 0 radical (unpaired) electrons.